The van der Waals surface area contributed by atoms with Crippen molar-refractivity contribution < 1.29 is 22.8 Å². The first-order valence-corrected chi connectivity index (χ1v) is 15.3. The van der Waals surface area contributed by atoms with Crippen LogP contribution in [0.4, 0.5) is 13.2 Å². The zero-order valence-electron chi connectivity index (χ0n) is 22.3. The van der Waals surface area contributed by atoms with E-state index in [-0.39, 0.29) is 17.7 Å². The van der Waals surface area contributed by atoms with Gasteiger partial charge in [0.05, 0.1) is 10.6 Å². The van der Waals surface area contributed by atoms with E-state index >= 15 is 0 Å². The van der Waals surface area contributed by atoms with Gasteiger partial charge in [-0.3, -0.25) is 9.59 Å². The average Bonchev–Trinajstić information content (AvgIpc) is 3.50. The summed E-state index contributed by atoms with van der Waals surface area (Å²) in [6.45, 7) is 1.48. The summed E-state index contributed by atoms with van der Waals surface area (Å²) < 4.78 is 39.0. The number of carbonyl (C=O) groups excluding carboxylic acids is 2. The smallest absolute Gasteiger partial charge is 0.347 e. The van der Waals surface area contributed by atoms with Crippen molar-refractivity contribution in [3.63, 3.8) is 0 Å². The first-order valence-electron chi connectivity index (χ1n) is 13.2. The van der Waals surface area contributed by atoms with Gasteiger partial charge in [-0.25, -0.2) is 4.98 Å². The van der Waals surface area contributed by atoms with Gasteiger partial charge in [-0.2, -0.15) is 13.2 Å². The number of piperidine rings is 1. The highest BCUT2D eigenvalue weighted by Crippen LogP contribution is 2.34. The predicted octanol–water partition coefficient (Wildman–Crippen LogP) is 7.50. The summed E-state index contributed by atoms with van der Waals surface area (Å²) in [7, 11) is 0. The molecule has 0 bridgehead atoms. The number of amides is 2. The molecule has 3 aromatic carbocycles. The van der Waals surface area contributed by atoms with E-state index in [9.17, 15) is 22.8 Å². The summed E-state index contributed by atoms with van der Waals surface area (Å²) in [5, 5.41) is 5.63. The minimum absolute atomic E-state index is 0.146. The van der Waals surface area contributed by atoms with E-state index in [1.54, 1.807) is 46.3 Å². The van der Waals surface area contributed by atoms with E-state index in [1.807, 2.05) is 30.5 Å². The number of rotatable bonds is 7. The lowest BCUT2D eigenvalue weighted by Gasteiger charge is -2.31. The Hall–Kier alpha value is -3.63. The van der Waals surface area contributed by atoms with E-state index in [4.69, 9.17) is 0 Å². The van der Waals surface area contributed by atoms with Crippen LogP contribution in [-0.4, -0.2) is 41.0 Å². The molecule has 41 heavy (non-hydrogen) atoms. The van der Waals surface area contributed by atoms with Gasteiger partial charge in [0.15, 0.2) is 0 Å². The van der Waals surface area contributed by atoms with Gasteiger partial charge in [0, 0.05) is 41.4 Å². The number of likely N-dealkylation sites (tertiary alicyclic amines) is 1. The molecule has 0 atom stereocenters. The molecule has 0 spiro atoms. The highest BCUT2D eigenvalue weighted by atomic mass is 32.2. The fourth-order valence-corrected chi connectivity index (χ4v) is 6.54. The second-order valence-electron chi connectivity index (χ2n) is 9.75. The molecule has 1 saturated heterocycles. The summed E-state index contributed by atoms with van der Waals surface area (Å²) >= 11 is 3.10. The van der Waals surface area contributed by atoms with Crippen molar-refractivity contribution >= 4 is 34.9 Å². The van der Waals surface area contributed by atoms with Crippen LogP contribution in [0.25, 0.3) is 11.1 Å². The van der Waals surface area contributed by atoms with E-state index in [1.165, 1.54) is 23.5 Å². The number of nitrogens with one attached hydrogen (secondary N) is 1. The van der Waals surface area contributed by atoms with Crippen LogP contribution in [-0.2, 0) is 12.7 Å². The number of benzene rings is 3. The molecule has 1 fully saturated rings. The fraction of sp³-hybridized carbons (Fsp3) is 0.258. The lowest BCUT2D eigenvalue weighted by Crippen LogP contribution is -2.38. The Bertz CT molecular complexity index is 1530. The van der Waals surface area contributed by atoms with Gasteiger partial charge in [-0.05, 0) is 60.1 Å². The third kappa shape index (κ3) is 6.65. The molecule has 0 aliphatic carbocycles. The van der Waals surface area contributed by atoms with Gasteiger partial charge in [0.1, 0.15) is 5.69 Å². The van der Waals surface area contributed by atoms with Gasteiger partial charge < -0.3 is 10.2 Å². The van der Waals surface area contributed by atoms with Crippen molar-refractivity contribution in [1.82, 2.24) is 15.2 Å². The Morgan fingerprint density at radius 3 is 2.39 bits per heavy atom. The molecule has 212 valence electrons. The Labute approximate surface area is 244 Å². The van der Waals surface area contributed by atoms with Crippen molar-refractivity contribution in [1.29, 1.82) is 0 Å². The molecule has 10 heteroatoms. The van der Waals surface area contributed by atoms with Crippen LogP contribution in [0.5, 0.6) is 0 Å². The van der Waals surface area contributed by atoms with E-state index in [0.717, 1.165) is 27.6 Å². The summed E-state index contributed by atoms with van der Waals surface area (Å²) in [6, 6.07) is 19.8. The number of alkyl halides is 3. The van der Waals surface area contributed by atoms with E-state index in [0.29, 0.717) is 54.9 Å². The number of hydrogen-bond donors (Lipinski definition) is 1. The highest BCUT2D eigenvalue weighted by Gasteiger charge is 2.31. The number of hydrogen-bond acceptors (Lipinski definition) is 5. The molecule has 2 heterocycles. The van der Waals surface area contributed by atoms with Gasteiger partial charge >= 0.3 is 6.18 Å². The number of thioether (sulfide) groups is 1. The number of thiazole rings is 1. The molecule has 1 aromatic heterocycles. The van der Waals surface area contributed by atoms with Gasteiger partial charge in [-0.15, -0.1) is 23.1 Å². The largest absolute Gasteiger partial charge is 0.416 e. The maximum absolute atomic E-state index is 13.5. The summed E-state index contributed by atoms with van der Waals surface area (Å²) in [6.07, 6.45) is -0.988. The SMILES string of the molecule is CSc1ccccc1CNC(=O)c1csc(C2CCN(C(=O)c3ccccc3-c3ccc(C(F)(F)F)cc3)CC2)n1. The van der Waals surface area contributed by atoms with Crippen molar-refractivity contribution in [2.24, 2.45) is 0 Å². The zero-order chi connectivity index (χ0) is 29.0. The second kappa shape index (κ2) is 12.5. The number of aromatic nitrogens is 1. The summed E-state index contributed by atoms with van der Waals surface area (Å²) in [5.41, 5.74) is 2.35. The lowest BCUT2D eigenvalue weighted by atomic mass is 9.94. The van der Waals surface area contributed by atoms with Crippen molar-refractivity contribution in [3.05, 3.63) is 106 Å². The normalized spacial score (nSPS) is 14.2. The molecule has 1 N–H and O–H groups in total. The molecule has 0 radical (unpaired) electrons. The Morgan fingerprint density at radius 2 is 1.68 bits per heavy atom. The lowest BCUT2D eigenvalue weighted by molar-refractivity contribution is -0.137. The highest BCUT2D eigenvalue weighted by molar-refractivity contribution is 7.98. The van der Waals surface area contributed by atoms with Gasteiger partial charge in [0.2, 0.25) is 0 Å². The average molecular weight is 596 g/mol. The van der Waals surface area contributed by atoms with Crippen LogP contribution >= 0.6 is 23.1 Å². The maximum atomic E-state index is 13.5. The van der Waals surface area contributed by atoms with Crippen LogP contribution in [0.2, 0.25) is 0 Å². The minimum Gasteiger partial charge on any atom is -0.347 e. The first kappa shape index (κ1) is 28.9. The summed E-state index contributed by atoms with van der Waals surface area (Å²) in [4.78, 5) is 33.7. The number of carbonyl (C=O) groups is 2. The van der Waals surface area contributed by atoms with Gasteiger partial charge in [-0.1, -0.05) is 48.5 Å². The minimum atomic E-state index is -4.42. The topological polar surface area (TPSA) is 62.3 Å². The molecule has 1 aliphatic heterocycles. The number of halogens is 3. The van der Waals surface area contributed by atoms with Crippen LogP contribution in [0, 0.1) is 0 Å². The van der Waals surface area contributed by atoms with Crippen LogP contribution in [0.15, 0.2) is 83.1 Å². The van der Waals surface area contributed by atoms with E-state index < -0.39 is 11.7 Å². The molecule has 1 aliphatic rings. The third-order valence-corrected chi connectivity index (χ3v) is 9.04. The van der Waals surface area contributed by atoms with Gasteiger partial charge in [0.25, 0.3) is 11.8 Å². The molecule has 5 nitrogen and oxygen atoms in total. The van der Waals surface area contributed by atoms with Crippen LogP contribution in [0.1, 0.15) is 55.7 Å². The second-order valence-corrected chi connectivity index (χ2v) is 11.5. The maximum Gasteiger partial charge on any atom is 0.416 e. The van der Waals surface area contributed by atoms with Crippen LogP contribution < -0.4 is 5.32 Å². The Morgan fingerprint density at radius 1 is 1.00 bits per heavy atom. The molecule has 5 rings (SSSR count). The quantitative estimate of drug-likeness (QED) is 0.225. The molecular formula is C31H28F3N3O2S2. The van der Waals surface area contributed by atoms with Crippen molar-refractivity contribution in [3.8, 4) is 11.1 Å². The Balaban J connectivity index is 1.20. The molecule has 4 aromatic rings. The third-order valence-electron chi connectivity index (χ3n) is 7.20. The van der Waals surface area contributed by atoms with Crippen molar-refractivity contribution in [2.45, 2.75) is 36.4 Å². The number of nitrogens with zero attached hydrogens (tertiary/aromatic N) is 2. The predicted molar refractivity (Wildman–Crippen MR) is 156 cm³/mol. The van der Waals surface area contributed by atoms with E-state index in [2.05, 4.69) is 10.3 Å². The van der Waals surface area contributed by atoms with Crippen LogP contribution in [0.3, 0.4) is 0 Å². The Kier molecular flexibility index (Phi) is 8.79. The standard InChI is InChI=1S/C31H28F3N3O2S2/c1-40-27-9-5-2-6-22(27)18-35-28(38)26-19-41-29(36-26)21-14-16-37(17-15-21)30(39)25-8-4-3-7-24(25)20-10-12-23(13-11-20)31(32,33)34/h2-13,19,21H,14-18H2,1H3,(H,35,38). The van der Waals surface area contributed by atoms with Crippen molar-refractivity contribution in [2.75, 3.05) is 19.3 Å². The first-order chi connectivity index (χ1) is 19.7. The zero-order valence-corrected chi connectivity index (χ0v) is 23.9. The summed E-state index contributed by atoms with van der Waals surface area (Å²) in [5.74, 6) is -0.215. The molecular weight excluding hydrogens is 567 g/mol. The molecule has 0 unspecified atom stereocenters. The molecule has 2 amide bonds. The molecule has 0 saturated carbocycles. The monoisotopic (exact) mass is 595 g/mol. The fourth-order valence-electron chi connectivity index (χ4n) is 4.95.